The van der Waals surface area contributed by atoms with Crippen molar-refractivity contribution in [3.63, 3.8) is 0 Å². The molecule has 1 aromatic rings. The van der Waals surface area contributed by atoms with Gasteiger partial charge in [-0.2, -0.15) is 0 Å². The number of nitrogens with one attached hydrogen (secondary N) is 2. The molecule has 7 heteroatoms. The molecule has 1 aromatic heterocycles. The average molecular weight is 213 g/mol. The van der Waals surface area contributed by atoms with Crippen molar-refractivity contribution in [1.29, 1.82) is 0 Å². The lowest BCUT2D eigenvalue weighted by molar-refractivity contribution is 0.0663. The quantitative estimate of drug-likeness (QED) is 0.691. The zero-order valence-corrected chi connectivity index (χ0v) is 8.27. The largest absolute Gasteiger partial charge is 0.475 e. The second-order valence-corrected chi connectivity index (χ2v) is 3.09. The van der Waals surface area contributed by atoms with Crippen molar-refractivity contribution in [2.45, 2.75) is 19.9 Å². The molecule has 3 N–H and O–H groups in total. The number of hydrogen-bond acceptors (Lipinski definition) is 4. The molecule has 7 nitrogen and oxygen atoms in total. The first kappa shape index (κ1) is 11.0. The molecular formula is C8H11N3O4. The third kappa shape index (κ3) is 3.29. The second kappa shape index (κ2) is 4.45. The van der Waals surface area contributed by atoms with Crippen LogP contribution in [-0.2, 0) is 0 Å². The van der Waals surface area contributed by atoms with E-state index in [2.05, 4.69) is 15.6 Å². The highest BCUT2D eigenvalue weighted by atomic mass is 16.4. The molecular weight excluding hydrogens is 202 g/mol. The van der Waals surface area contributed by atoms with E-state index >= 15 is 0 Å². The lowest BCUT2D eigenvalue weighted by Crippen LogP contribution is -2.34. The molecule has 15 heavy (non-hydrogen) atoms. The minimum atomic E-state index is -1.24. The average Bonchev–Trinajstić information content (AvgIpc) is 2.50. The summed E-state index contributed by atoms with van der Waals surface area (Å²) >= 11 is 0. The molecule has 1 heterocycles. The van der Waals surface area contributed by atoms with E-state index in [1.54, 1.807) is 13.8 Å². The van der Waals surface area contributed by atoms with E-state index in [-0.39, 0.29) is 17.8 Å². The summed E-state index contributed by atoms with van der Waals surface area (Å²) in [6.45, 7) is 3.58. The van der Waals surface area contributed by atoms with Crippen molar-refractivity contribution >= 4 is 18.0 Å². The van der Waals surface area contributed by atoms with Crippen molar-refractivity contribution in [3.8, 4) is 0 Å². The van der Waals surface area contributed by atoms with Crippen LogP contribution in [0.2, 0.25) is 0 Å². The number of carboxylic acid groups (broad SMARTS) is 1. The molecule has 0 aliphatic heterocycles. The number of carbonyl (C=O) groups is 2. The molecule has 0 aromatic carbocycles. The van der Waals surface area contributed by atoms with Gasteiger partial charge in [-0.15, -0.1) is 0 Å². The number of aromatic carboxylic acids is 1. The van der Waals surface area contributed by atoms with E-state index < -0.39 is 12.0 Å². The summed E-state index contributed by atoms with van der Waals surface area (Å²) in [5.74, 6) is -1.56. The molecule has 0 bridgehead atoms. The Balaban J connectivity index is 2.57. The highest BCUT2D eigenvalue weighted by Crippen LogP contribution is 2.08. The number of anilines is 1. The van der Waals surface area contributed by atoms with Crippen LogP contribution in [0, 0.1) is 0 Å². The predicted octanol–water partition coefficient (Wildman–Crippen LogP) is 0.903. The topological polar surface area (TPSA) is 104 Å². The fourth-order valence-electron chi connectivity index (χ4n) is 0.826. The number of aromatic nitrogens is 1. The normalized spacial score (nSPS) is 10.1. The standard InChI is InChI=1S/C8H11N3O4/c1-4(2)10-7(14)11-8-9-3-5(15-8)6(12)13/h3-4H,1-2H3,(H,12,13)(H2,9,10,11,14). The minimum absolute atomic E-state index is 0.0288. The molecule has 2 amide bonds. The lowest BCUT2D eigenvalue weighted by Gasteiger charge is -2.06. The minimum Gasteiger partial charge on any atom is -0.475 e. The van der Waals surface area contributed by atoms with Crippen LogP contribution in [0.25, 0.3) is 0 Å². The number of hydrogen-bond donors (Lipinski definition) is 3. The van der Waals surface area contributed by atoms with Gasteiger partial charge in [0.2, 0.25) is 5.76 Å². The van der Waals surface area contributed by atoms with Gasteiger partial charge in [0.15, 0.2) is 0 Å². The Hall–Kier alpha value is -2.05. The molecule has 0 aliphatic rings. The molecule has 82 valence electrons. The number of nitrogens with zero attached hydrogens (tertiary/aromatic N) is 1. The number of amides is 2. The summed E-state index contributed by atoms with van der Waals surface area (Å²) < 4.78 is 4.71. The van der Waals surface area contributed by atoms with Gasteiger partial charge in [-0.25, -0.2) is 14.6 Å². The molecule has 0 fully saturated rings. The Morgan fingerprint density at radius 2 is 2.20 bits per heavy atom. The van der Waals surface area contributed by atoms with Crippen molar-refractivity contribution < 1.29 is 19.1 Å². The maximum atomic E-state index is 11.1. The van der Waals surface area contributed by atoms with Gasteiger partial charge in [-0.05, 0) is 13.8 Å². The molecule has 0 saturated heterocycles. The summed E-state index contributed by atoms with van der Waals surface area (Å²) in [6, 6.07) is -0.673. The second-order valence-electron chi connectivity index (χ2n) is 3.09. The smallest absolute Gasteiger partial charge is 0.373 e. The third-order valence-corrected chi connectivity index (χ3v) is 1.36. The molecule has 0 radical (unpaired) electrons. The van der Waals surface area contributed by atoms with Crippen LogP contribution in [0.4, 0.5) is 10.8 Å². The first-order chi connectivity index (χ1) is 6.99. The summed E-state index contributed by atoms with van der Waals surface area (Å²) in [7, 11) is 0. The number of urea groups is 1. The van der Waals surface area contributed by atoms with Crippen molar-refractivity contribution in [2.75, 3.05) is 5.32 Å². The maximum absolute atomic E-state index is 11.1. The van der Waals surface area contributed by atoms with Gasteiger partial charge in [-0.1, -0.05) is 0 Å². The molecule has 0 aliphatic carbocycles. The lowest BCUT2D eigenvalue weighted by atomic mass is 10.4. The zero-order chi connectivity index (χ0) is 11.4. The zero-order valence-electron chi connectivity index (χ0n) is 8.27. The van der Waals surface area contributed by atoms with Crippen LogP contribution < -0.4 is 10.6 Å². The summed E-state index contributed by atoms with van der Waals surface area (Å²) in [5.41, 5.74) is 0. The van der Waals surface area contributed by atoms with E-state index in [0.717, 1.165) is 6.20 Å². The molecule has 0 spiro atoms. The summed E-state index contributed by atoms with van der Waals surface area (Å²) in [4.78, 5) is 25.1. The fraction of sp³-hybridized carbons (Fsp3) is 0.375. The molecule has 0 unspecified atom stereocenters. The first-order valence-electron chi connectivity index (χ1n) is 4.25. The van der Waals surface area contributed by atoms with Crippen molar-refractivity contribution in [3.05, 3.63) is 12.0 Å². The molecule has 0 saturated carbocycles. The van der Waals surface area contributed by atoms with Crippen molar-refractivity contribution in [2.24, 2.45) is 0 Å². The number of carbonyl (C=O) groups excluding carboxylic acids is 1. The Labute approximate surface area is 85.5 Å². The van der Waals surface area contributed by atoms with Crippen LogP contribution in [0.15, 0.2) is 10.6 Å². The van der Waals surface area contributed by atoms with E-state index in [4.69, 9.17) is 9.52 Å². The monoisotopic (exact) mass is 213 g/mol. The Bertz CT molecular complexity index is 372. The Kier molecular flexibility index (Phi) is 3.27. The van der Waals surface area contributed by atoms with Gasteiger partial charge >= 0.3 is 18.0 Å². The van der Waals surface area contributed by atoms with E-state index in [0.29, 0.717) is 0 Å². The van der Waals surface area contributed by atoms with E-state index in [1.165, 1.54) is 0 Å². The van der Waals surface area contributed by atoms with Gasteiger partial charge in [0.1, 0.15) is 0 Å². The first-order valence-corrected chi connectivity index (χ1v) is 4.25. The molecule has 0 atom stereocenters. The Morgan fingerprint density at radius 1 is 1.53 bits per heavy atom. The van der Waals surface area contributed by atoms with Crippen LogP contribution in [0.1, 0.15) is 24.4 Å². The molecule has 1 rings (SSSR count). The highest BCUT2D eigenvalue weighted by Gasteiger charge is 2.12. The van der Waals surface area contributed by atoms with E-state index in [1.807, 2.05) is 0 Å². The van der Waals surface area contributed by atoms with Gasteiger partial charge in [0.25, 0.3) is 0 Å². The van der Waals surface area contributed by atoms with Crippen LogP contribution in [-0.4, -0.2) is 28.1 Å². The van der Waals surface area contributed by atoms with E-state index in [9.17, 15) is 9.59 Å². The third-order valence-electron chi connectivity index (χ3n) is 1.36. The Morgan fingerprint density at radius 3 is 2.67 bits per heavy atom. The highest BCUT2D eigenvalue weighted by molar-refractivity contribution is 5.88. The van der Waals surface area contributed by atoms with Gasteiger partial charge in [0, 0.05) is 6.04 Å². The summed E-state index contributed by atoms with van der Waals surface area (Å²) in [5, 5.41) is 13.3. The van der Waals surface area contributed by atoms with Gasteiger partial charge < -0.3 is 14.8 Å². The maximum Gasteiger partial charge on any atom is 0.373 e. The number of carboxylic acids is 1. The summed E-state index contributed by atoms with van der Waals surface area (Å²) in [6.07, 6.45) is 1.02. The number of rotatable bonds is 3. The van der Waals surface area contributed by atoms with Crippen LogP contribution in [0.3, 0.4) is 0 Å². The predicted molar refractivity (Wildman–Crippen MR) is 50.8 cm³/mol. The number of oxazole rings is 1. The van der Waals surface area contributed by atoms with Crippen molar-refractivity contribution in [1.82, 2.24) is 10.3 Å². The van der Waals surface area contributed by atoms with Crippen LogP contribution in [0.5, 0.6) is 0 Å². The van der Waals surface area contributed by atoms with Gasteiger partial charge in [0.05, 0.1) is 6.20 Å². The SMILES string of the molecule is CC(C)NC(=O)Nc1ncc(C(=O)O)o1. The fourth-order valence-corrected chi connectivity index (χ4v) is 0.826. The van der Waals surface area contributed by atoms with Gasteiger partial charge in [-0.3, -0.25) is 5.32 Å². The van der Waals surface area contributed by atoms with Crippen LogP contribution >= 0.6 is 0 Å².